The minimum atomic E-state index is -3.89. The lowest BCUT2D eigenvalue weighted by Crippen LogP contribution is -2.14. The molecule has 0 aliphatic heterocycles. The Balaban J connectivity index is 2.41. The smallest absolute Gasteiger partial charge is 0.263 e. The van der Waals surface area contributed by atoms with E-state index in [1.54, 1.807) is 7.05 Å². The molecule has 0 bridgehead atoms. The van der Waals surface area contributed by atoms with Gasteiger partial charge in [0.15, 0.2) is 5.82 Å². The second-order valence-electron chi connectivity index (χ2n) is 3.86. The van der Waals surface area contributed by atoms with Crippen LogP contribution in [0, 0.1) is 11.3 Å². The van der Waals surface area contributed by atoms with Crippen molar-refractivity contribution in [1.29, 1.82) is 5.26 Å². The SMILES string of the molecule is Cn1cc(C#N)c(NS(=O)(=O)c2ccc(Cl)c(Cl)c2)n1. The molecule has 9 heteroatoms. The summed E-state index contributed by atoms with van der Waals surface area (Å²) in [5.41, 5.74) is 0.121. The lowest BCUT2D eigenvalue weighted by Gasteiger charge is -2.06. The summed E-state index contributed by atoms with van der Waals surface area (Å²) in [6, 6.07) is 5.77. The zero-order valence-electron chi connectivity index (χ0n) is 10.1. The second kappa shape index (κ2) is 5.32. The molecule has 1 aromatic carbocycles. The van der Waals surface area contributed by atoms with Crippen molar-refractivity contribution in [3.8, 4) is 6.07 Å². The maximum atomic E-state index is 12.2. The fourth-order valence-corrected chi connectivity index (χ4v) is 2.88. The van der Waals surface area contributed by atoms with Crippen LogP contribution in [0.1, 0.15) is 5.56 Å². The molecule has 1 heterocycles. The van der Waals surface area contributed by atoms with Crippen LogP contribution in [0.4, 0.5) is 5.82 Å². The monoisotopic (exact) mass is 330 g/mol. The van der Waals surface area contributed by atoms with Gasteiger partial charge in [0.05, 0.1) is 14.9 Å². The summed E-state index contributed by atoms with van der Waals surface area (Å²) in [6.45, 7) is 0. The highest BCUT2D eigenvalue weighted by molar-refractivity contribution is 7.92. The number of aryl methyl sites for hydroxylation is 1. The maximum Gasteiger partial charge on any atom is 0.263 e. The Morgan fingerprint density at radius 3 is 2.65 bits per heavy atom. The van der Waals surface area contributed by atoms with Gasteiger partial charge < -0.3 is 0 Å². The number of nitriles is 1. The normalized spacial score (nSPS) is 11.1. The Hall–Kier alpha value is -1.75. The highest BCUT2D eigenvalue weighted by Crippen LogP contribution is 2.26. The first-order valence-corrected chi connectivity index (χ1v) is 7.49. The number of benzene rings is 1. The molecule has 0 fully saturated rings. The first kappa shape index (κ1) is 14.7. The van der Waals surface area contributed by atoms with Gasteiger partial charge >= 0.3 is 0 Å². The number of aromatic nitrogens is 2. The molecule has 0 amide bonds. The summed E-state index contributed by atoms with van der Waals surface area (Å²) in [5, 5.41) is 13.2. The summed E-state index contributed by atoms with van der Waals surface area (Å²) in [7, 11) is -2.31. The van der Waals surface area contributed by atoms with Gasteiger partial charge in [-0.25, -0.2) is 8.42 Å². The maximum absolute atomic E-state index is 12.2. The van der Waals surface area contributed by atoms with E-state index in [4.69, 9.17) is 28.5 Å². The molecule has 0 unspecified atom stereocenters. The molecule has 0 aliphatic carbocycles. The van der Waals surface area contributed by atoms with Crippen LogP contribution >= 0.6 is 23.2 Å². The van der Waals surface area contributed by atoms with Crippen molar-refractivity contribution >= 4 is 39.0 Å². The number of halogens is 2. The molecule has 0 radical (unpaired) electrons. The lowest BCUT2D eigenvalue weighted by molar-refractivity contribution is 0.601. The summed E-state index contributed by atoms with van der Waals surface area (Å²) in [4.78, 5) is -0.0681. The van der Waals surface area contributed by atoms with Gasteiger partial charge in [-0.2, -0.15) is 10.4 Å². The first-order valence-electron chi connectivity index (χ1n) is 5.25. The number of rotatable bonds is 3. The molecule has 1 N–H and O–H groups in total. The zero-order chi connectivity index (χ0) is 14.9. The minimum Gasteiger partial charge on any atom is -0.272 e. The summed E-state index contributed by atoms with van der Waals surface area (Å²) < 4.78 is 27.9. The third-order valence-electron chi connectivity index (χ3n) is 2.38. The standard InChI is InChI=1S/C11H8Cl2N4O2S/c1-17-6-7(5-14)11(15-17)16-20(18,19)8-2-3-9(12)10(13)4-8/h2-4,6H,1H3,(H,15,16). The van der Waals surface area contributed by atoms with E-state index in [0.717, 1.165) is 0 Å². The van der Waals surface area contributed by atoms with Gasteiger partial charge in [-0.05, 0) is 18.2 Å². The van der Waals surface area contributed by atoms with E-state index in [1.807, 2.05) is 6.07 Å². The number of sulfonamides is 1. The molecule has 0 saturated heterocycles. The molecule has 0 saturated carbocycles. The molecule has 20 heavy (non-hydrogen) atoms. The van der Waals surface area contributed by atoms with Gasteiger partial charge in [-0.1, -0.05) is 23.2 Å². The average molecular weight is 331 g/mol. The third kappa shape index (κ3) is 2.88. The van der Waals surface area contributed by atoms with Gasteiger partial charge in [-0.3, -0.25) is 9.40 Å². The predicted octanol–water partition coefficient (Wildman–Crippen LogP) is 2.40. The van der Waals surface area contributed by atoms with Crippen molar-refractivity contribution < 1.29 is 8.42 Å². The van der Waals surface area contributed by atoms with Gasteiger partial charge in [0.2, 0.25) is 0 Å². The molecule has 0 spiro atoms. The van der Waals surface area contributed by atoms with Crippen LogP contribution in [0.5, 0.6) is 0 Å². The largest absolute Gasteiger partial charge is 0.272 e. The molecule has 2 rings (SSSR count). The zero-order valence-corrected chi connectivity index (χ0v) is 12.5. The van der Waals surface area contributed by atoms with Crippen LogP contribution in [-0.2, 0) is 17.1 Å². The molecule has 0 aliphatic rings. The van der Waals surface area contributed by atoms with E-state index in [0.29, 0.717) is 0 Å². The van der Waals surface area contributed by atoms with Gasteiger partial charge in [0, 0.05) is 13.2 Å². The third-order valence-corrected chi connectivity index (χ3v) is 4.46. The topological polar surface area (TPSA) is 87.8 Å². The Kier molecular flexibility index (Phi) is 3.90. The number of hydrogen-bond acceptors (Lipinski definition) is 4. The van der Waals surface area contributed by atoms with Crippen molar-refractivity contribution in [2.45, 2.75) is 4.90 Å². The fourth-order valence-electron chi connectivity index (χ4n) is 1.48. The Morgan fingerprint density at radius 1 is 1.35 bits per heavy atom. The van der Waals surface area contributed by atoms with Crippen LogP contribution in [0.3, 0.4) is 0 Å². The minimum absolute atomic E-state index is 0.0407. The van der Waals surface area contributed by atoms with Crippen LogP contribution in [0.15, 0.2) is 29.3 Å². The number of hydrogen-bond donors (Lipinski definition) is 1. The molecule has 2 aromatic rings. The first-order chi connectivity index (χ1) is 9.33. The highest BCUT2D eigenvalue weighted by Gasteiger charge is 2.19. The molecule has 104 valence electrons. The van der Waals surface area contributed by atoms with Gasteiger partial charge in [-0.15, -0.1) is 0 Å². The number of nitrogens with one attached hydrogen (secondary N) is 1. The van der Waals surface area contributed by atoms with Crippen molar-refractivity contribution in [1.82, 2.24) is 9.78 Å². The van der Waals surface area contributed by atoms with Crippen molar-refractivity contribution in [3.05, 3.63) is 40.0 Å². The summed E-state index contributed by atoms with van der Waals surface area (Å²) in [6.07, 6.45) is 1.41. The van der Waals surface area contributed by atoms with E-state index >= 15 is 0 Å². The number of nitrogens with zero attached hydrogens (tertiary/aromatic N) is 3. The van der Waals surface area contributed by atoms with Gasteiger partial charge in [0.1, 0.15) is 11.6 Å². The van der Waals surface area contributed by atoms with Crippen molar-refractivity contribution in [2.24, 2.45) is 7.05 Å². The van der Waals surface area contributed by atoms with Crippen molar-refractivity contribution in [3.63, 3.8) is 0 Å². The average Bonchev–Trinajstić information content (AvgIpc) is 2.72. The highest BCUT2D eigenvalue weighted by atomic mass is 35.5. The molecule has 6 nitrogen and oxygen atoms in total. The summed E-state index contributed by atoms with van der Waals surface area (Å²) in [5.74, 6) is -0.0407. The van der Waals surface area contributed by atoms with Gasteiger partial charge in [0.25, 0.3) is 10.0 Å². The quantitative estimate of drug-likeness (QED) is 0.935. The lowest BCUT2D eigenvalue weighted by atomic mass is 10.4. The molecular weight excluding hydrogens is 323 g/mol. The van der Waals surface area contributed by atoms with E-state index in [-0.39, 0.29) is 26.3 Å². The fraction of sp³-hybridized carbons (Fsp3) is 0.0909. The predicted molar refractivity (Wildman–Crippen MR) is 75.2 cm³/mol. The summed E-state index contributed by atoms with van der Waals surface area (Å²) >= 11 is 11.5. The second-order valence-corrected chi connectivity index (χ2v) is 6.36. The van der Waals surface area contributed by atoms with E-state index in [2.05, 4.69) is 9.82 Å². The number of anilines is 1. The Bertz CT molecular complexity index is 808. The Morgan fingerprint density at radius 2 is 2.05 bits per heavy atom. The van der Waals surface area contributed by atoms with Crippen LogP contribution in [0.25, 0.3) is 0 Å². The van der Waals surface area contributed by atoms with Crippen LogP contribution in [-0.4, -0.2) is 18.2 Å². The molecule has 0 atom stereocenters. The Labute approximate surface area is 125 Å². The van der Waals surface area contributed by atoms with Crippen LogP contribution < -0.4 is 4.72 Å². The molecule has 1 aromatic heterocycles. The van der Waals surface area contributed by atoms with E-state index in [1.165, 1.54) is 29.1 Å². The van der Waals surface area contributed by atoms with E-state index < -0.39 is 10.0 Å². The molecular formula is C11H8Cl2N4O2S. The van der Waals surface area contributed by atoms with Crippen molar-refractivity contribution in [2.75, 3.05) is 4.72 Å². The van der Waals surface area contributed by atoms with E-state index in [9.17, 15) is 8.42 Å². The van der Waals surface area contributed by atoms with Crippen LogP contribution in [0.2, 0.25) is 10.0 Å².